The molecule has 0 spiro atoms. The van der Waals surface area contributed by atoms with Gasteiger partial charge < -0.3 is 19.7 Å². The van der Waals surface area contributed by atoms with E-state index in [2.05, 4.69) is 6.92 Å². The van der Waals surface area contributed by atoms with Crippen molar-refractivity contribution in [1.29, 1.82) is 0 Å². The second kappa shape index (κ2) is 4.42. The molecule has 1 saturated carbocycles. The van der Waals surface area contributed by atoms with Crippen molar-refractivity contribution in [2.24, 2.45) is 23.7 Å². The average molecular weight is 284 g/mol. The first-order valence-corrected chi connectivity index (χ1v) is 7.59. The second-order valence-electron chi connectivity index (χ2n) is 7.04. The van der Waals surface area contributed by atoms with Crippen molar-refractivity contribution in [2.75, 3.05) is 0 Å². The summed E-state index contributed by atoms with van der Waals surface area (Å²) in [5, 5.41) is 21.6. The average Bonchev–Trinajstić information content (AvgIpc) is 2.44. The standard InChI is InChI=1S/C15H24O5/c1-8-4-5-11-9(2)12(16)19-13-15(11,18)10(8)6-7-14(3,17)20-13/h8-11,13,17-18H,4-7H2,1-3H3/t8?,9-,10+,11?,13?,14+,15?/m1/s1. The predicted octanol–water partition coefficient (Wildman–Crippen LogP) is 1.42. The maximum absolute atomic E-state index is 12.0. The summed E-state index contributed by atoms with van der Waals surface area (Å²) in [6.07, 6.45) is 1.86. The first-order valence-electron chi connectivity index (χ1n) is 7.59. The van der Waals surface area contributed by atoms with Crippen LogP contribution in [0.15, 0.2) is 0 Å². The van der Waals surface area contributed by atoms with Gasteiger partial charge in [0, 0.05) is 12.3 Å². The Morgan fingerprint density at radius 1 is 1.15 bits per heavy atom. The van der Waals surface area contributed by atoms with Crippen LogP contribution in [-0.2, 0) is 14.3 Å². The minimum Gasteiger partial charge on any atom is -0.432 e. The number of rotatable bonds is 0. The molecule has 4 unspecified atom stereocenters. The number of carbonyl (C=O) groups is 1. The SMILES string of the molecule is CC1CCC2[C@@H](C)C(=O)OC3O[C@](C)(O)CC[C@@H]1C32O. The van der Waals surface area contributed by atoms with E-state index >= 15 is 0 Å². The molecule has 2 aliphatic heterocycles. The summed E-state index contributed by atoms with van der Waals surface area (Å²) < 4.78 is 10.9. The van der Waals surface area contributed by atoms with Crippen LogP contribution in [0.4, 0.5) is 0 Å². The van der Waals surface area contributed by atoms with Crippen LogP contribution in [0.25, 0.3) is 0 Å². The van der Waals surface area contributed by atoms with Crippen LogP contribution in [0, 0.1) is 23.7 Å². The van der Waals surface area contributed by atoms with Crippen molar-refractivity contribution in [3.05, 3.63) is 0 Å². The normalized spacial score (nSPS) is 55.6. The highest BCUT2D eigenvalue weighted by molar-refractivity contribution is 5.74. The van der Waals surface area contributed by atoms with Crippen molar-refractivity contribution in [3.8, 4) is 0 Å². The molecule has 3 rings (SSSR count). The van der Waals surface area contributed by atoms with Crippen LogP contribution in [0.1, 0.15) is 46.5 Å². The summed E-state index contributed by atoms with van der Waals surface area (Å²) >= 11 is 0. The fourth-order valence-corrected chi connectivity index (χ4v) is 4.42. The van der Waals surface area contributed by atoms with Gasteiger partial charge in [0.05, 0.1) is 5.92 Å². The minimum absolute atomic E-state index is 0.00391. The van der Waals surface area contributed by atoms with Crippen molar-refractivity contribution < 1.29 is 24.5 Å². The quantitative estimate of drug-likeness (QED) is 0.658. The van der Waals surface area contributed by atoms with Crippen LogP contribution >= 0.6 is 0 Å². The van der Waals surface area contributed by atoms with Crippen molar-refractivity contribution >= 4 is 5.97 Å². The van der Waals surface area contributed by atoms with E-state index < -0.39 is 17.7 Å². The van der Waals surface area contributed by atoms with Gasteiger partial charge in [0.25, 0.3) is 0 Å². The molecule has 0 aromatic rings. The van der Waals surface area contributed by atoms with E-state index in [0.717, 1.165) is 12.8 Å². The van der Waals surface area contributed by atoms with Gasteiger partial charge in [-0.1, -0.05) is 13.8 Å². The Balaban J connectivity index is 2.05. The summed E-state index contributed by atoms with van der Waals surface area (Å²) in [6, 6.07) is 0. The molecule has 0 bridgehead atoms. The van der Waals surface area contributed by atoms with E-state index in [1.807, 2.05) is 6.92 Å². The zero-order valence-electron chi connectivity index (χ0n) is 12.3. The topological polar surface area (TPSA) is 76.0 Å². The van der Waals surface area contributed by atoms with Gasteiger partial charge in [-0.05, 0) is 38.0 Å². The number of hydrogen-bond acceptors (Lipinski definition) is 5. The third-order valence-corrected chi connectivity index (χ3v) is 5.66. The van der Waals surface area contributed by atoms with Crippen molar-refractivity contribution in [3.63, 3.8) is 0 Å². The van der Waals surface area contributed by atoms with Crippen LogP contribution in [0.2, 0.25) is 0 Å². The van der Waals surface area contributed by atoms with E-state index in [-0.39, 0.29) is 23.7 Å². The number of hydrogen-bond donors (Lipinski definition) is 2. The Kier molecular flexibility index (Phi) is 3.16. The number of ether oxygens (including phenoxy) is 2. The fourth-order valence-electron chi connectivity index (χ4n) is 4.42. The molecule has 5 heteroatoms. The molecular weight excluding hydrogens is 260 g/mol. The van der Waals surface area contributed by atoms with E-state index in [9.17, 15) is 15.0 Å². The maximum atomic E-state index is 12.0. The molecule has 2 N–H and O–H groups in total. The molecule has 2 heterocycles. The Bertz CT molecular complexity index is 420. The first kappa shape index (κ1) is 14.3. The third kappa shape index (κ3) is 1.90. The van der Waals surface area contributed by atoms with Crippen LogP contribution in [-0.4, -0.2) is 33.9 Å². The summed E-state index contributed by atoms with van der Waals surface area (Å²) in [5.74, 6) is -1.84. The number of carbonyl (C=O) groups excluding carboxylic acids is 1. The highest BCUT2D eigenvalue weighted by Gasteiger charge is 2.63. The van der Waals surface area contributed by atoms with E-state index in [0.29, 0.717) is 18.8 Å². The molecule has 0 aromatic heterocycles. The van der Waals surface area contributed by atoms with Crippen LogP contribution < -0.4 is 0 Å². The molecular formula is C15H24O5. The zero-order chi connectivity index (χ0) is 14.7. The lowest BCUT2D eigenvalue weighted by molar-refractivity contribution is -0.346. The first-order chi connectivity index (χ1) is 9.25. The van der Waals surface area contributed by atoms with Crippen molar-refractivity contribution in [2.45, 2.75) is 64.1 Å². The van der Waals surface area contributed by atoms with E-state index in [1.54, 1.807) is 6.92 Å². The molecule has 2 saturated heterocycles. The monoisotopic (exact) mass is 284 g/mol. The molecule has 0 radical (unpaired) electrons. The Hall–Kier alpha value is -0.650. The van der Waals surface area contributed by atoms with E-state index in [4.69, 9.17) is 9.47 Å². The molecule has 7 atom stereocenters. The molecule has 20 heavy (non-hydrogen) atoms. The third-order valence-electron chi connectivity index (χ3n) is 5.66. The van der Waals surface area contributed by atoms with Crippen LogP contribution in [0.5, 0.6) is 0 Å². The van der Waals surface area contributed by atoms with Gasteiger partial charge in [-0.2, -0.15) is 0 Å². The number of aliphatic hydroxyl groups is 2. The summed E-state index contributed by atoms with van der Waals surface area (Å²) in [4.78, 5) is 12.0. The van der Waals surface area contributed by atoms with Gasteiger partial charge in [-0.15, -0.1) is 0 Å². The predicted molar refractivity (Wildman–Crippen MR) is 70.3 cm³/mol. The molecule has 3 aliphatic rings. The lowest BCUT2D eigenvalue weighted by Gasteiger charge is -2.54. The molecule has 5 nitrogen and oxygen atoms in total. The summed E-state index contributed by atoms with van der Waals surface area (Å²) in [7, 11) is 0. The van der Waals surface area contributed by atoms with Gasteiger partial charge in [-0.25, -0.2) is 0 Å². The molecule has 0 aromatic carbocycles. The van der Waals surface area contributed by atoms with E-state index in [1.165, 1.54) is 0 Å². The van der Waals surface area contributed by atoms with Gasteiger partial charge in [0.1, 0.15) is 5.60 Å². The maximum Gasteiger partial charge on any atom is 0.311 e. The summed E-state index contributed by atoms with van der Waals surface area (Å²) in [6.45, 7) is 5.51. The number of esters is 1. The van der Waals surface area contributed by atoms with Gasteiger partial charge in [0.2, 0.25) is 6.29 Å². The summed E-state index contributed by atoms with van der Waals surface area (Å²) in [5.41, 5.74) is -1.18. The highest BCUT2D eigenvalue weighted by atomic mass is 16.8. The lowest BCUT2D eigenvalue weighted by Crippen LogP contribution is -2.65. The lowest BCUT2D eigenvalue weighted by atomic mass is 9.58. The van der Waals surface area contributed by atoms with Gasteiger partial charge in [0.15, 0.2) is 5.79 Å². The molecule has 0 amide bonds. The fraction of sp³-hybridized carbons (Fsp3) is 0.933. The highest BCUT2D eigenvalue weighted by Crippen LogP contribution is 2.54. The minimum atomic E-state index is -1.36. The van der Waals surface area contributed by atoms with Gasteiger partial charge >= 0.3 is 5.97 Å². The van der Waals surface area contributed by atoms with Crippen molar-refractivity contribution in [1.82, 2.24) is 0 Å². The molecule has 1 aliphatic carbocycles. The largest absolute Gasteiger partial charge is 0.432 e. The molecule has 3 fully saturated rings. The second-order valence-corrected chi connectivity index (χ2v) is 7.04. The van der Waals surface area contributed by atoms with Gasteiger partial charge in [-0.3, -0.25) is 4.79 Å². The van der Waals surface area contributed by atoms with Crippen LogP contribution in [0.3, 0.4) is 0 Å². The molecule has 114 valence electrons. The smallest absolute Gasteiger partial charge is 0.311 e. The Labute approximate surface area is 119 Å². The zero-order valence-corrected chi connectivity index (χ0v) is 12.3. The Morgan fingerprint density at radius 2 is 1.85 bits per heavy atom. The Morgan fingerprint density at radius 3 is 2.55 bits per heavy atom.